The number of carbonyl (C=O) groups excluding carboxylic acids is 3. The SMILES string of the molecule is Cc1csc(CN2C(=O)c3cccc(N4CCCC(C(=O)N5CCN(c6ccccc6F)CC5)C4)c3C2=O)n1. The highest BCUT2D eigenvalue weighted by Crippen LogP contribution is 2.35. The lowest BCUT2D eigenvalue weighted by Gasteiger charge is -2.40. The maximum atomic E-state index is 14.2. The summed E-state index contributed by atoms with van der Waals surface area (Å²) >= 11 is 1.44. The number of para-hydroxylation sites is 1. The smallest absolute Gasteiger partial charge is 0.264 e. The van der Waals surface area contributed by atoms with Crippen molar-refractivity contribution < 1.29 is 18.8 Å². The largest absolute Gasteiger partial charge is 0.370 e. The predicted octanol–water partition coefficient (Wildman–Crippen LogP) is 3.95. The number of hydrogen-bond acceptors (Lipinski definition) is 7. The van der Waals surface area contributed by atoms with Crippen molar-refractivity contribution in [2.24, 2.45) is 5.92 Å². The van der Waals surface area contributed by atoms with E-state index in [0.29, 0.717) is 61.8 Å². The van der Waals surface area contributed by atoms with Gasteiger partial charge in [0.05, 0.1) is 35.0 Å². The Hall–Kier alpha value is -3.79. The number of amides is 3. The standard InChI is InChI=1S/C29H30FN5O3S/c1-19-18-39-25(31-19)17-35-28(37)21-7-4-10-24(26(21)29(35)38)34-11-5-6-20(16-34)27(36)33-14-12-32(13-15-33)23-9-3-2-8-22(23)30/h2-4,7-10,18,20H,5-6,11-17H2,1H3. The molecule has 6 rings (SSSR count). The average molecular weight is 548 g/mol. The maximum Gasteiger partial charge on any atom is 0.264 e. The van der Waals surface area contributed by atoms with Crippen LogP contribution in [-0.4, -0.2) is 71.8 Å². The lowest BCUT2D eigenvalue weighted by molar-refractivity contribution is -0.136. The second kappa shape index (κ2) is 10.4. The molecule has 3 aliphatic rings. The monoisotopic (exact) mass is 547 g/mol. The Morgan fingerprint density at radius 1 is 0.974 bits per heavy atom. The molecule has 4 heterocycles. The van der Waals surface area contributed by atoms with Crippen molar-refractivity contribution in [3.8, 4) is 0 Å². The van der Waals surface area contributed by atoms with Crippen molar-refractivity contribution in [2.45, 2.75) is 26.3 Å². The molecule has 3 aliphatic heterocycles. The fourth-order valence-electron chi connectivity index (χ4n) is 5.87. The lowest BCUT2D eigenvalue weighted by atomic mass is 9.94. The molecule has 0 N–H and O–H groups in total. The van der Waals surface area contributed by atoms with Crippen molar-refractivity contribution in [1.29, 1.82) is 0 Å². The highest BCUT2D eigenvalue weighted by atomic mass is 32.1. The molecule has 3 amide bonds. The summed E-state index contributed by atoms with van der Waals surface area (Å²) in [4.78, 5) is 51.8. The normalized spacial score (nSPS) is 19.6. The van der Waals surface area contributed by atoms with Crippen LogP contribution in [0.1, 0.15) is 44.3 Å². The van der Waals surface area contributed by atoms with Gasteiger partial charge in [0, 0.05) is 50.3 Å². The van der Waals surface area contributed by atoms with E-state index in [2.05, 4.69) is 9.88 Å². The van der Waals surface area contributed by atoms with Gasteiger partial charge in [-0.1, -0.05) is 18.2 Å². The van der Waals surface area contributed by atoms with Gasteiger partial charge < -0.3 is 14.7 Å². The van der Waals surface area contributed by atoms with E-state index in [9.17, 15) is 18.8 Å². The number of carbonyl (C=O) groups is 3. The minimum atomic E-state index is -0.309. The number of anilines is 2. The van der Waals surface area contributed by atoms with Crippen molar-refractivity contribution >= 4 is 40.4 Å². The van der Waals surface area contributed by atoms with Crippen LogP contribution in [0.15, 0.2) is 47.8 Å². The molecule has 8 nitrogen and oxygen atoms in total. The number of aromatic nitrogens is 1. The van der Waals surface area contributed by atoms with Crippen LogP contribution in [0.4, 0.5) is 15.8 Å². The zero-order valence-corrected chi connectivity index (χ0v) is 22.6. The summed E-state index contributed by atoms with van der Waals surface area (Å²) in [6, 6.07) is 12.1. The van der Waals surface area contributed by atoms with Crippen LogP contribution in [0, 0.1) is 18.7 Å². The van der Waals surface area contributed by atoms with Gasteiger partial charge in [-0.3, -0.25) is 19.3 Å². The van der Waals surface area contributed by atoms with E-state index < -0.39 is 0 Å². The third-order valence-corrected chi connectivity index (χ3v) is 8.78. The minimum absolute atomic E-state index is 0.101. The van der Waals surface area contributed by atoms with Crippen LogP contribution in [-0.2, 0) is 11.3 Å². The van der Waals surface area contributed by atoms with E-state index in [1.54, 1.807) is 18.2 Å². The summed E-state index contributed by atoms with van der Waals surface area (Å²) < 4.78 is 14.2. The van der Waals surface area contributed by atoms with Gasteiger partial charge in [-0.05, 0) is 44.0 Å². The Labute approximate surface area is 230 Å². The summed E-state index contributed by atoms with van der Waals surface area (Å²) in [6.07, 6.45) is 1.60. The molecule has 202 valence electrons. The first kappa shape index (κ1) is 25.5. The number of thiazole rings is 1. The Bertz CT molecular complexity index is 1430. The number of aryl methyl sites for hydroxylation is 1. The van der Waals surface area contributed by atoms with Gasteiger partial charge in [0.25, 0.3) is 11.8 Å². The molecule has 10 heteroatoms. The molecule has 3 aromatic rings. The molecule has 0 spiro atoms. The third kappa shape index (κ3) is 4.78. The number of nitrogens with zero attached hydrogens (tertiary/aromatic N) is 5. The van der Waals surface area contributed by atoms with Gasteiger partial charge in [0.2, 0.25) is 5.91 Å². The predicted molar refractivity (Wildman–Crippen MR) is 148 cm³/mol. The highest BCUT2D eigenvalue weighted by molar-refractivity contribution is 7.09. The summed E-state index contributed by atoms with van der Waals surface area (Å²) in [6.45, 7) is 5.51. The number of fused-ring (bicyclic) bond motifs is 1. The van der Waals surface area contributed by atoms with Crippen molar-refractivity contribution in [3.05, 3.63) is 75.5 Å². The van der Waals surface area contributed by atoms with Gasteiger partial charge in [-0.25, -0.2) is 9.37 Å². The molecule has 0 saturated carbocycles. The van der Waals surface area contributed by atoms with Gasteiger partial charge in [-0.15, -0.1) is 11.3 Å². The van der Waals surface area contributed by atoms with Crippen LogP contribution in [0.25, 0.3) is 0 Å². The number of piperazine rings is 1. The Morgan fingerprint density at radius 2 is 1.74 bits per heavy atom. The molecule has 2 fully saturated rings. The first-order chi connectivity index (χ1) is 18.9. The Kier molecular flexibility index (Phi) is 6.80. The molecule has 0 radical (unpaired) electrons. The van der Waals surface area contributed by atoms with E-state index in [4.69, 9.17) is 0 Å². The van der Waals surface area contributed by atoms with Gasteiger partial charge in [-0.2, -0.15) is 0 Å². The van der Waals surface area contributed by atoms with E-state index in [1.165, 1.54) is 22.3 Å². The molecule has 2 saturated heterocycles. The van der Waals surface area contributed by atoms with Crippen LogP contribution < -0.4 is 9.80 Å². The summed E-state index contributed by atoms with van der Waals surface area (Å²) in [7, 11) is 0. The number of rotatable bonds is 5. The molecular weight excluding hydrogens is 517 g/mol. The van der Waals surface area contributed by atoms with E-state index in [0.717, 1.165) is 23.5 Å². The Morgan fingerprint density at radius 3 is 2.49 bits per heavy atom. The van der Waals surface area contributed by atoms with Crippen LogP contribution in [0.5, 0.6) is 0 Å². The van der Waals surface area contributed by atoms with E-state index in [1.807, 2.05) is 40.3 Å². The van der Waals surface area contributed by atoms with Crippen molar-refractivity contribution in [2.75, 3.05) is 49.1 Å². The first-order valence-corrected chi connectivity index (χ1v) is 14.2. The molecule has 1 unspecified atom stereocenters. The molecule has 39 heavy (non-hydrogen) atoms. The number of halogens is 1. The summed E-state index contributed by atoms with van der Waals surface area (Å²) in [5, 5.41) is 2.63. The minimum Gasteiger partial charge on any atom is -0.370 e. The second-order valence-electron chi connectivity index (χ2n) is 10.3. The van der Waals surface area contributed by atoms with Gasteiger partial charge in [0.1, 0.15) is 10.8 Å². The fraction of sp³-hybridized carbons (Fsp3) is 0.379. The van der Waals surface area contributed by atoms with Crippen LogP contribution >= 0.6 is 11.3 Å². The van der Waals surface area contributed by atoms with E-state index in [-0.39, 0.29) is 36.0 Å². The van der Waals surface area contributed by atoms with E-state index >= 15 is 0 Å². The van der Waals surface area contributed by atoms with Crippen molar-refractivity contribution in [3.63, 3.8) is 0 Å². The first-order valence-electron chi connectivity index (χ1n) is 13.3. The average Bonchev–Trinajstić information content (AvgIpc) is 3.49. The molecular formula is C29H30FN5O3S. The second-order valence-corrected chi connectivity index (χ2v) is 11.3. The fourth-order valence-corrected chi connectivity index (χ4v) is 6.62. The van der Waals surface area contributed by atoms with Crippen molar-refractivity contribution in [1.82, 2.24) is 14.8 Å². The summed E-state index contributed by atoms with van der Waals surface area (Å²) in [5.41, 5.74) is 2.98. The molecule has 0 bridgehead atoms. The topological polar surface area (TPSA) is 77.1 Å². The van der Waals surface area contributed by atoms with Crippen LogP contribution in [0.2, 0.25) is 0 Å². The van der Waals surface area contributed by atoms with Gasteiger partial charge in [0.15, 0.2) is 0 Å². The number of piperidine rings is 1. The quantitative estimate of drug-likeness (QED) is 0.451. The number of hydrogen-bond donors (Lipinski definition) is 0. The van der Waals surface area contributed by atoms with Gasteiger partial charge >= 0.3 is 0 Å². The number of benzene rings is 2. The zero-order chi connectivity index (χ0) is 27.1. The zero-order valence-electron chi connectivity index (χ0n) is 21.8. The summed E-state index contributed by atoms with van der Waals surface area (Å²) in [5.74, 6) is -0.956. The molecule has 2 aromatic carbocycles. The highest BCUT2D eigenvalue weighted by Gasteiger charge is 2.40. The molecule has 1 aromatic heterocycles. The number of imide groups is 1. The molecule has 1 atom stereocenters. The maximum absolute atomic E-state index is 14.2. The Balaban J connectivity index is 1.15. The van der Waals surface area contributed by atoms with Crippen LogP contribution in [0.3, 0.4) is 0 Å². The third-order valence-electron chi connectivity index (χ3n) is 7.83. The molecule has 0 aliphatic carbocycles. The lowest BCUT2D eigenvalue weighted by Crippen LogP contribution is -2.53.